The van der Waals surface area contributed by atoms with Crippen LogP contribution in [-0.4, -0.2) is 32.5 Å². The van der Waals surface area contributed by atoms with E-state index in [0.29, 0.717) is 16.8 Å². The number of aromatic nitrogens is 2. The predicted octanol–water partition coefficient (Wildman–Crippen LogP) is 3.20. The van der Waals surface area contributed by atoms with Gasteiger partial charge in [0.15, 0.2) is 0 Å². The number of nitrogens with zero attached hydrogens (tertiary/aromatic N) is 3. The Morgan fingerprint density at radius 2 is 1.97 bits per heavy atom. The third kappa shape index (κ3) is 3.71. The van der Waals surface area contributed by atoms with Crippen molar-refractivity contribution in [1.29, 1.82) is 0 Å². The highest BCUT2D eigenvalue weighted by molar-refractivity contribution is 7.17. The standard InChI is InChI=1S/C22H24FN3O3S/c1-2-16-8-5-6-11-24(16)19(27)14-25-18-10-12-30-20(18)21(28)26(22(25)29)13-15-7-3-4-9-17(15)23/h3-4,7,9-10,12,16H,2,5-6,8,11,13-14H2,1H3/t16-/m0/s1. The van der Waals surface area contributed by atoms with Crippen LogP contribution in [0.15, 0.2) is 45.3 Å². The van der Waals surface area contributed by atoms with Gasteiger partial charge in [-0.1, -0.05) is 25.1 Å². The molecule has 1 aliphatic heterocycles. The lowest BCUT2D eigenvalue weighted by Crippen LogP contribution is -2.47. The van der Waals surface area contributed by atoms with Gasteiger partial charge in [0.1, 0.15) is 17.1 Å². The van der Waals surface area contributed by atoms with E-state index < -0.39 is 17.1 Å². The third-order valence-corrected chi connectivity index (χ3v) is 6.73. The van der Waals surface area contributed by atoms with Gasteiger partial charge in [0, 0.05) is 18.2 Å². The van der Waals surface area contributed by atoms with E-state index in [2.05, 4.69) is 6.92 Å². The summed E-state index contributed by atoms with van der Waals surface area (Å²) in [6, 6.07) is 7.95. The van der Waals surface area contributed by atoms with Crippen molar-refractivity contribution in [3.05, 3.63) is 67.9 Å². The Labute approximate surface area is 177 Å². The monoisotopic (exact) mass is 429 g/mol. The molecule has 3 aromatic rings. The lowest BCUT2D eigenvalue weighted by Gasteiger charge is -2.35. The van der Waals surface area contributed by atoms with E-state index in [1.807, 2.05) is 4.90 Å². The number of hydrogen-bond acceptors (Lipinski definition) is 4. The molecule has 0 saturated carbocycles. The predicted molar refractivity (Wildman–Crippen MR) is 115 cm³/mol. The Morgan fingerprint density at radius 3 is 2.73 bits per heavy atom. The first-order valence-corrected chi connectivity index (χ1v) is 11.1. The highest BCUT2D eigenvalue weighted by Crippen LogP contribution is 2.21. The molecule has 1 aromatic carbocycles. The number of halogens is 1. The fourth-order valence-electron chi connectivity index (χ4n) is 4.20. The molecule has 8 heteroatoms. The molecule has 30 heavy (non-hydrogen) atoms. The summed E-state index contributed by atoms with van der Waals surface area (Å²) < 4.78 is 16.9. The number of fused-ring (bicyclic) bond motifs is 1. The second-order valence-electron chi connectivity index (χ2n) is 7.63. The molecule has 1 atom stereocenters. The molecule has 3 heterocycles. The summed E-state index contributed by atoms with van der Waals surface area (Å²) >= 11 is 1.22. The van der Waals surface area contributed by atoms with Gasteiger partial charge in [0.05, 0.1) is 12.1 Å². The summed E-state index contributed by atoms with van der Waals surface area (Å²) in [6.07, 6.45) is 3.90. The molecule has 1 amide bonds. The highest BCUT2D eigenvalue weighted by Gasteiger charge is 2.26. The SMILES string of the molecule is CC[C@H]1CCCCN1C(=O)Cn1c(=O)n(Cc2ccccc2F)c(=O)c2sccc21. The largest absolute Gasteiger partial charge is 0.338 e. The van der Waals surface area contributed by atoms with Crippen LogP contribution in [0.3, 0.4) is 0 Å². The summed E-state index contributed by atoms with van der Waals surface area (Å²) in [5.41, 5.74) is -0.334. The molecule has 1 saturated heterocycles. The third-order valence-electron chi connectivity index (χ3n) is 5.83. The number of carbonyl (C=O) groups excluding carboxylic acids is 1. The van der Waals surface area contributed by atoms with Crippen LogP contribution in [0.4, 0.5) is 4.39 Å². The minimum absolute atomic E-state index is 0.118. The number of rotatable bonds is 5. The van der Waals surface area contributed by atoms with Crippen LogP contribution in [-0.2, 0) is 17.9 Å². The molecule has 2 aromatic heterocycles. The van der Waals surface area contributed by atoms with Gasteiger partial charge in [-0.2, -0.15) is 0 Å². The molecular weight excluding hydrogens is 405 g/mol. The molecule has 0 radical (unpaired) electrons. The second kappa shape index (κ2) is 8.55. The first-order valence-electron chi connectivity index (χ1n) is 10.2. The quantitative estimate of drug-likeness (QED) is 0.626. The van der Waals surface area contributed by atoms with E-state index in [4.69, 9.17) is 0 Å². The summed E-state index contributed by atoms with van der Waals surface area (Å²) in [5.74, 6) is -0.593. The first-order chi connectivity index (χ1) is 14.5. The molecule has 1 fully saturated rings. The molecule has 6 nitrogen and oxygen atoms in total. The smallest absolute Gasteiger partial charge is 0.332 e. The van der Waals surface area contributed by atoms with Gasteiger partial charge in [-0.15, -0.1) is 11.3 Å². The van der Waals surface area contributed by atoms with Gasteiger partial charge in [0.25, 0.3) is 5.56 Å². The summed E-state index contributed by atoms with van der Waals surface area (Å²) in [4.78, 5) is 41.1. The minimum Gasteiger partial charge on any atom is -0.338 e. The molecule has 4 rings (SSSR count). The zero-order valence-electron chi connectivity index (χ0n) is 16.8. The van der Waals surface area contributed by atoms with Crippen LogP contribution in [0.2, 0.25) is 0 Å². The average molecular weight is 430 g/mol. The summed E-state index contributed by atoms with van der Waals surface area (Å²) in [6.45, 7) is 2.45. The molecule has 0 bridgehead atoms. The first kappa shape index (κ1) is 20.5. The van der Waals surface area contributed by atoms with Crippen LogP contribution in [0.25, 0.3) is 10.2 Å². The number of likely N-dealkylation sites (tertiary alicyclic amines) is 1. The zero-order chi connectivity index (χ0) is 21.3. The van der Waals surface area contributed by atoms with Crippen molar-refractivity contribution in [2.24, 2.45) is 0 Å². The lowest BCUT2D eigenvalue weighted by molar-refractivity contribution is -0.135. The molecule has 1 aliphatic rings. The molecule has 0 spiro atoms. The van der Waals surface area contributed by atoms with Crippen molar-refractivity contribution in [1.82, 2.24) is 14.0 Å². The normalized spacial score (nSPS) is 16.9. The van der Waals surface area contributed by atoms with Crippen molar-refractivity contribution in [3.63, 3.8) is 0 Å². The Hall–Kier alpha value is -2.74. The lowest BCUT2D eigenvalue weighted by atomic mass is 10.00. The van der Waals surface area contributed by atoms with Crippen LogP contribution in [0.1, 0.15) is 38.2 Å². The van der Waals surface area contributed by atoms with Gasteiger partial charge in [-0.25, -0.2) is 9.18 Å². The van der Waals surface area contributed by atoms with Crippen molar-refractivity contribution in [3.8, 4) is 0 Å². The maximum Gasteiger partial charge on any atom is 0.332 e. The molecule has 0 N–H and O–H groups in total. The fraction of sp³-hybridized carbons (Fsp3) is 0.409. The number of thiophene rings is 1. The van der Waals surface area contributed by atoms with E-state index in [9.17, 15) is 18.8 Å². The Bertz CT molecular complexity index is 1200. The Morgan fingerprint density at radius 1 is 1.17 bits per heavy atom. The van der Waals surface area contributed by atoms with E-state index in [0.717, 1.165) is 30.3 Å². The number of amides is 1. The second-order valence-corrected chi connectivity index (χ2v) is 8.55. The van der Waals surface area contributed by atoms with E-state index in [1.54, 1.807) is 29.6 Å². The van der Waals surface area contributed by atoms with Crippen molar-refractivity contribution >= 4 is 27.5 Å². The number of carbonyl (C=O) groups is 1. The summed E-state index contributed by atoms with van der Waals surface area (Å²) in [5, 5.41) is 1.73. The highest BCUT2D eigenvalue weighted by atomic mass is 32.1. The number of hydrogen-bond donors (Lipinski definition) is 0. The Kier molecular flexibility index (Phi) is 5.85. The topological polar surface area (TPSA) is 64.3 Å². The van der Waals surface area contributed by atoms with Gasteiger partial charge in [0.2, 0.25) is 5.91 Å². The molecule has 0 unspecified atom stereocenters. The molecular formula is C22H24FN3O3S. The molecule has 0 aliphatic carbocycles. The van der Waals surface area contributed by atoms with Crippen LogP contribution >= 0.6 is 11.3 Å². The molecule has 158 valence electrons. The van der Waals surface area contributed by atoms with Crippen molar-refractivity contribution in [2.45, 2.75) is 51.7 Å². The number of piperidine rings is 1. The summed E-state index contributed by atoms with van der Waals surface area (Å²) in [7, 11) is 0. The van der Waals surface area contributed by atoms with Crippen LogP contribution in [0, 0.1) is 5.82 Å². The van der Waals surface area contributed by atoms with Gasteiger partial charge >= 0.3 is 5.69 Å². The van der Waals surface area contributed by atoms with Crippen LogP contribution < -0.4 is 11.2 Å². The van der Waals surface area contributed by atoms with Crippen molar-refractivity contribution in [2.75, 3.05) is 6.54 Å². The fourth-order valence-corrected chi connectivity index (χ4v) is 5.04. The van der Waals surface area contributed by atoms with Gasteiger partial charge in [-0.3, -0.25) is 18.7 Å². The van der Waals surface area contributed by atoms with E-state index >= 15 is 0 Å². The zero-order valence-corrected chi connectivity index (χ0v) is 17.7. The van der Waals surface area contributed by atoms with Crippen LogP contribution in [0.5, 0.6) is 0 Å². The minimum atomic E-state index is -0.590. The van der Waals surface area contributed by atoms with E-state index in [1.165, 1.54) is 22.0 Å². The maximum absolute atomic E-state index is 14.1. The number of benzene rings is 1. The maximum atomic E-state index is 14.1. The van der Waals surface area contributed by atoms with E-state index in [-0.39, 0.29) is 30.6 Å². The van der Waals surface area contributed by atoms with Gasteiger partial charge < -0.3 is 4.90 Å². The van der Waals surface area contributed by atoms with Crippen molar-refractivity contribution < 1.29 is 9.18 Å². The van der Waals surface area contributed by atoms with Gasteiger partial charge in [-0.05, 0) is 43.2 Å². The average Bonchev–Trinajstić information content (AvgIpc) is 3.25. The Balaban J connectivity index is 1.75.